The molecule has 34 heavy (non-hydrogen) atoms. The molecular weight excluding hydrogens is 465 g/mol. The molecule has 2 aromatic carbocycles. The van der Waals surface area contributed by atoms with Crippen LogP contribution in [0.5, 0.6) is 11.5 Å². The third-order valence-electron chi connectivity index (χ3n) is 5.02. The average Bonchev–Trinajstić information content (AvgIpc) is 2.83. The molecule has 0 bridgehead atoms. The normalized spacial score (nSPS) is 12.1. The predicted molar refractivity (Wildman–Crippen MR) is 127 cm³/mol. The first kappa shape index (κ1) is 25.3. The lowest BCUT2D eigenvalue weighted by Gasteiger charge is -2.25. The molecule has 1 heterocycles. The number of aromatic nitrogens is 1. The molecule has 0 aliphatic rings. The molecule has 1 aromatic heterocycles. The Labute approximate surface area is 199 Å². The Balaban J connectivity index is 2.02. The molecule has 0 radical (unpaired) electrons. The van der Waals surface area contributed by atoms with E-state index < -0.39 is 27.6 Å². The highest BCUT2D eigenvalue weighted by Gasteiger charge is 2.36. The molecule has 0 saturated heterocycles. The zero-order valence-electron chi connectivity index (χ0n) is 18.8. The number of benzene rings is 2. The van der Waals surface area contributed by atoms with Crippen LogP contribution >= 0.6 is 0 Å². The summed E-state index contributed by atoms with van der Waals surface area (Å²) in [4.78, 5) is 6.06. The number of methoxy groups -OCH3 is 2. The first-order valence-electron chi connectivity index (χ1n) is 10.3. The molecular formula is C25H25F3N2O3S. The Hall–Kier alpha value is -3.33. The molecule has 0 spiro atoms. The lowest BCUT2D eigenvalue weighted by Crippen LogP contribution is -2.24. The quantitative estimate of drug-likeness (QED) is 0.346. The molecule has 180 valence electrons. The molecule has 0 N–H and O–H groups in total. The van der Waals surface area contributed by atoms with E-state index in [2.05, 4.69) is 11.6 Å². The lowest BCUT2D eigenvalue weighted by atomic mass is 10.1. The second kappa shape index (κ2) is 11.2. The molecule has 0 aliphatic carbocycles. The van der Waals surface area contributed by atoms with Crippen LogP contribution in [0.15, 0.2) is 78.3 Å². The van der Waals surface area contributed by atoms with Crippen LogP contribution in [0.1, 0.15) is 16.7 Å². The van der Waals surface area contributed by atoms with Crippen LogP contribution in [-0.2, 0) is 30.1 Å². The summed E-state index contributed by atoms with van der Waals surface area (Å²) in [7, 11) is 1.16. The van der Waals surface area contributed by atoms with Crippen molar-refractivity contribution < 1.29 is 26.9 Å². The van der Waals surface area contributed by atoms with E-state index in [1.165, 1.54) is 12.1 Å². The Kier molecular flexibility index (Phi) is 8.33. The number of hydrogen-bond acceptors (Lipinski definition) is 5. The zero-order chi connectivity index (χ0) is 24.7. The van der Waals surface area contributed by atoms with E-state index in [4.69, 9.17) is 9.47 Å². The van der Waals surface area contributed by atoms with E-state index >= 15 is 0 Å². The third-order valence-corrected chi connectivity index (χ3v) is 6.31. The van der Waals surface area contributed by atoms with Crippen molar-refractivity contribution in [3.05, 3.63) is 90.0 Å². The third kappa shape index (κ3) is 6.38. The fraction of sp³-hybridized carbons (Fsp3) is 0.240. The van der Waals surface area contributed by atoms with Crippen molar-refractivity contribution in [1.29, 1.82) is 0 Å². The van der Waals surface area contributed by atoms with Gasteiger partial charge >= 0.3 is 6.18 Å². The van der Waals surface area contributed by atoms with Gasteiger partial charge in [-0.3, -0.25) is 4.21 Å². The number of hydrogen-bond donors (Lipinski definition) is 0. The number of anilines is 1. The molecule has 0 saturated carbocycles. The van der Waals surface area contributed by atoms with Crippen LogP contribution in [0, 0.1) is 0 Å². The smallest absolute Gasteiger partial charge is 0.419 e. The summed E-state index contributed by atoms with van der Waals surface area (Å²) in [5.41, 5.74) is 0.805. The van der Waals surface area contributed by atoms with Crippen LogP contribution in [0.4, 0.5) is 19.0 Å². The monoisotopic (exact) mass is 490 g/mol. The molecule has 3 rings (SSSR count). The number of ether oxygens (including phenoxy) is 2. The van der Waals surface area contributed by atoms with E-state index in [-0.39, 0.29) is 11.6 Å². The van der Waals surface area contributed by atoms with Gasteiger partial charge in [-0.15, -0.1) is 6.58 Å². The summed E-state index contributed by atoms with van der Waals surface area (Å²) in [5, 5.41) is -0.501. The van der Waals surface area contributed by atoms with Crippen LogP contribution in [0.25, 0.3) is 0 Å². The van der Waals surface area contributed by atoms with Gasteiger partial charge in [0.05, 0.1) is 30.6 Å². The van der Waals surface area contributed by atoms with E-state index in [0.717, 1.165) is 17.2 Å². The standard InChI is InChI=1S/C25H25F3N2O3S/c1-4-15-34(31)24-22(25(26,27)28)13-14-23(29-24)30(16-18-5-9-20(32-2)10-6-18)17-19-7-11-21(33-3)12-8-19/h4-14H,1,15-17H2,2-3H3. The average molecular weight is 491 g/mol. The Morgan fingerprint density at radius 3 is 1.82 bits per heavy atom. The first-order valence-corrected chi connectivity index (χ1v) is 11.7. The van der Waals surface area contributed by atoms with Crippen molar-refractivity contribution in [2.75, 3.05) is 24.9 Å². The van der Waals surface area contributed by atoms with Crippen molar-refractivity contribution in [1.82, 2.24) is 4.98 Å². The Bertz CT molecular complexity index is 1080. The van der Waals surface area contributed by atoms with Gasteiger partial charge in [0.25, 0.3) is 0 Å². The summed E-state index contributed by atoms with van der Waals surface area (Å²) in [6.45, 7) is 4.21. The van der Waals surface area contributed by atoms with Crippen LogP contribution in [0.3, 0.4) is 0 Å². The van der Waals surface area contributed by atoms with Crippen molar-refractivity contribution >= 4 is 16.6 Å². The van der Waals surface area contributed by atoms with E-state index in [0.29, 0.717) is 24.6 Å². The van der Waals surface area contributed by atoms with Gasteiger partial charge in [-0.05, 0) is 47.5 Å². The zero-order valence-corrected chi connectivity index (χ0v) is 19.7. The van der Waals surface area contributed by atoms with Crippen molar-refractivity contribution in [2.24, 2.45) is 0 Å². The van der Waals surface area contributed by atoms with Gasteiger partial charge in [-0.2, -0.15) is 13.2 Å². The van der Waals surface area contributed by atoms with E-state index in [1.54, 1.807) is 14.2 Å². The number of pyridine rings is 1. The van der Waals surface area contributed by atoms with Gasteiger partial charge in [0.2, 0.25) is 0 Å². The topological polar surface area (TPSA) is 51.7 Å². The van der Waals surface area contributed by atoms with E-state index in [9.17, 15) is 17.4 Å². The molecule has 0 fully saturated rings. The molecule has 0 amide bonds. The maximum atomic E-state index is 13.6. The van der Waals surface area contributed by atoms with Crippen LogP contribution in [0.2, 0.25) is 0 Å². The van der Waals surface area contributed by atoms with Crippen molar-refractivity contribution in [3.63, 3.8) is 0 Å². The predicted octanol–water partition coefficient (Wildman–Crippen LogP) is 5.62. The molecule has 3 aromatic rings. The highest BCUT2D eigenvalue weighted by Crippen LogP contribution is 2.34. The van der Waals surface area contributed by atoms with Gasteiger partial charge in [-0.25, -0.2) is 4.98 Å². The maximum absolute atomic E-state index is 13.6. The minimum atomic E-state index is -4.67. The first-order chi connectivity index (χ1) is 16.2. The number of halogens is 3. The van der Waals surface area contributed by atoms with Gasteiger partial charge < -0.3 is 14.4 Å². The van der Waals surface area contributed by atoms with Crippen LogP contribution in [-0.4, -0.2) is 29.2 Å². The van der Waals surface area contributed by atoms with Gasteiger partial charge in [0, 0.05) is 18.8 Å². The Morgan fingerprint density at radius 2 is 1.41 bits per heavy atom. The fourth-order valence-electron chi connectivity index (χ4n) is 3.30. The molecule has 1 unspecified atom stereocenters. The molecule has 0 aliphatic heterocycles. The molecule has 1 atom stereocenters. The summed E-state index contributed by atoms with van der Waals surface area (Å²) < 4.78 is 63.7. The molecule has 5 nitrogen and oxygen atoms in total. The summed E-state index contributed by atoms with van der Waals surface area (Å²) >= 11 is 0. The minimum absolute atomic E-state index is 0.128. The largest absolute Gasteiger partial charge is 0.497 e. The SMILES string of the molecule is C=CCS(=O)c1nc(N(Cc2ccc(OC)cc2)Cc2ccc(OC)cc2)ccc1C(F)(F)F. The fourth-order valence-corrected chi connectivity index (χ4v) is 4.30. The maximum Gasteiger partial charge on any atom is 0.419 e. The van der Waals surface area contributed by atoms with Gasteiger partial charge in [-0.1, -0.05) is 30.3 Å². The second-order valence-corrected chi connectivity index (χ2v) is 8.78. The van der Waals surface area contributed by atoms with Gasteiger partial charge in [0.1, 0.15) is 22.3 Å². The summed E-state index contributed by atoms with van der Waals surface area (Å²) in [5.74, 6) is 1.55. The Morgan fingerprint density at radius 1 is 0.912 bits per heavy atom. The van der Waals surface area contributed by atoms with Gasteiger partial charge in [0.15, 0.2) is 0 Å². The second-order valence-electron chi connectivity index (χ2n) is 7.37. The highest BCUT2D eigenvalue weighted by molar-refractivity contribution is 7.85. The summed E-state index contributed by atoms with van der Waals surface area (Å²) in [6.07, 6.45) is -3.36. The lowest BCUT2D eigenvalue weighted by molar-refractivity contribution is -0.140. The molecule has 9 heteroatoms. The summed E-state index contributed by atoms with van der Waals surface area (Å²) in [6, 6.07) is 17.0. The number of rotatable bonds is 10. The number of nitrogens with zero attached hydrogens (tertiary/aromatic N) is 2. The van der Waals surface area contributed by atoms with Crippen molar-refractivity contribution in [3.8, 4) is 11.5 Å². The van der Waals surface area contributed by atoms with Crippen molar-refractivity contribution in [2.45, 2.75) is 24.3 Å². The van der Waals surface area contributed by atoms with Crippen LogP contribution < -0.4 is 14.4 Å². The van der Waals surface area contributed by atoms with E-state index in [1.807, 2.05) is 53.4 Å². The number of alkyl halides is 3. The highest BCUT2D eigenvalue weighted by atomic mass is 32.2. The minimum Gasteiger partial charge on any atom is -0.497 e.